The molecule has 0 radical (unpaired) electrons. The Kier molecular flexibility index (Phi) is 4.50. The van der Waals surface area contributed by atoms with Gasteiger partial charge < -0.3 is 16.4 Å². The maximum absolute atomic E-state index is 11.6. The van der Waals surface area contributed by atoms with E-state index in [0.29, 0.717) is 11.3 Å². The number of rotatable bonds is 4. The van der Waals surface area contributed by atoms with Crippen LogP contribution in [0, 0.1) is 0 Å². The Morgan fingerprint density at radius 1 is 1.24 bits per heavy atom. The normalized spacial score (nSPS) is 9.88. The van der Waals surface area contributed by atoms with Crippen molar-refractivity contribution in [2.24, 2.45) is 5.73 Å². The van der Waals surface area contributed by atoms with Gasteiger partial charge in [0.2, 0.25) is 0 Å². The van der Waals surface area contributed by atoms with Gasteiger partial charge in [0.25, 0.3) is 5.91 Å². The first-order chi connectivity index (χ1) is 8.09. The molecule has 0 aromatic heterocycles. The van der Waals surface area contributed by atoms with Crippen LogP contribution >= 0.6 is 0 Å². The van der Waals surface area contributed by atoms with Crippen molar-refractivity contribution in [3.63, 3.8) is 0 Å². The van der Waals surface area contributed by atoms with Crippen molar-refractivity contribution in [3.05, 3.63) is 60.4 Å². The number of allylic oxidation sites excluding steroid dienone is 1. The summed E-state index contributed by atoms with van der Waals surface area (Å²) in [5.41, 5.74) is 5.74. The topological polar surface area (TPSA) is 84.2 Å². The van der Waals surface area contributed by atoms with Gasteiger partial charge in [0.05, 0.1) is 0 Å². The van der Waals surface area contributed by atoms with Crippen LogP contribution in [0.1, 0.15) is 10.4 Å². The zero-order valence-corrected chi connectivity index (χ0v) is 9.14. The lowest BCUT2D eigenvalue weighted by Gasteiger charge is -2.04. The number of nitrogens with one attached hydrogen (secondary N) is 2. The monoisotopic (exact) mass is 231 g/mol. The summed E-state index contributed by atoms with van der Waals surface area (Å²) in [4.78, 5) is 22.0. The SMILES string of the molecule is C=C(/C=C\NC(N)=O)NC(=O)c1ccccc1. The Hall–Kier alpha value is -2.56. The summed E-state index contributed by atoms with van der Waals surface area (Å²) in [5.74, 6) is -0.265. The number of primary amides is 1. The maximum atomic E-state index is 11.6. The van der Waals surface area contributed by atoms with Crippen molar-refractivity contribution in [3.8, 4) is 0 Å². The molecule has 5 nitrogen and oxygen atoms in total. The van der Waals surface area contributed by atoms with Gasteiger partial charge in [-0.25, -0.2) is 4.79 Å². The number of hydrogen-bond acceptors (Lipinski definition) is 2. The quantitative estimate of drug-likeness (QED) is 0.678. The Bertz CT molecular complexity index is 452. The van der Waals surface area contributed by atoms with E-state index < -0.39 is 6.03 Å². The molecular formula is C12H13N3O2. The van der Waals surface area contributed by atoms with Crippen molar-refractivity contribution >= 4 is 11.9 Å². The summed E-state index contributed by atoms with van der Waals surface area (Å²) in [6, 6.07) is 8.05. The van der Waals surface area contributed by atoms with E-state index in [9.17, 15) is 9.59 Å². The van der Waals surface area contributed by atoms with Crippen LogP contribution in [0.15, 0.2) is 54.9 Å². The van der Waals surface area contributed by atoms with Crippen molar-refractivity contribution < 1.29 is 9.59 Å². The van der Waals surface area contributed by atoms with E-state index in [1.165, 1.54) is 12.3 Å². The first-order valence-corrected chi connectivity index (χ1v) is 4.87. The number of nitrogens with two attached hydrogens (primary N) is 1. The predicted octanol–water partition coefficient (Wildman–Crippen LogP) is 1.11. The number of amides is 3. The minimum absolute atomic E-state index is 0.265. The largest absolute Gasteiger partial charge is 0.351 e. The molecular weight excluding hydrogens is 218 g/mol. The van der Waals surface area contributed by atoms with Gasteiger partial charge in [0.15, 0.2) is 0 Å². The molecule has 1 aromatic carbocycles. The van der Waals surface area contributed by atoms with Gasteiger partial charge in [-0.15, -0.1) is 0 Å². The van der Waals surface area contributed by atoms with Crippen molar-refractivity contribution in [2.75, 3.05) is 0 Å². The smallest absolute Gasteiger partial charge is 0.316 e. The third-order valence-corrected chi connectivity index (χ3v) is 1.82. The van der Waals surface area contributed by atoms with Crippen LogP contribution in [0.25, 0.3) is 0 Å². The summed E-state index contributed by atoms with van der Waals surface area (Å²) in [6.45, 7) is 3.61. The molecule has 0 aliphatic carbocycles. The molecule has 0 aliphatic heterocycles. The Morgan fingerprint density at radius 3 is 2.47 bits per heavy atom. The van der Waals surface area contributed by atoms with Gasteiger partial charge in [-0.05, 0) is 18.2 Å². The third-order valence-electron chi connectivity index (χ3n) is 1.82. The number of hydrogen-bond donors (Lipinski definition) is 3. The molecule has 0 bridgehead atoms. The van der Waals surface area contributed by atoms with E-state index in [4.69, 9.17) is 5.73 Å². The second-order valence-electron chi connectivity index (χ2n) is 3.19. The zero-order valence-electron chi connectivity index (χ0n) is 9.14. The lowest BCUT2D eigenvalue weighted by molar-refractivity contribution is 0.0967. The molecule has 88 valence electrons. The molecule has 0 atom stereocenters. The Morgan fingerprint density at radius 2 is 1.88 bits per heavy atom. The zero-order chi connectivity index (χ0) is 12.7. The average molecular weight is 231 g/mol. The number of carbonyl (C=O) groups excluding carboxylic acids is 2. The van der Waals surface area contributed by atoms with Gasteiger partial charge in [0, 0.05) is 17.5 Å². The summed E-state index contributed by atoms with van der Waals surface area (Å²) >= 11 is 0. The Balaban J connectivity index is 2.50. The molecule has 0 saturated carbocycles. The van der Waals surface area contributed by atoms with Crippen LogP contribution in [0.2, 0.25) is 0 Å². The fourth-order valence-corrected chi connectivity index (χ4v) is 1.07. The fraction of sp³-hybridized carbons (Fsp3) is 0. The van der Waals surface area contributed by atoms with E-state index in [1.54, 1.807) is 24.3 Å². The highest BCUT2D eigenvalue weighted by molar-refractivity contribution is 5.95. The van der Waals surface area contributed by atoms with Crippen LogP contribution < -0.4 is 16.4 Å². The average Bonchev–Trinajstić information content (AvgIpc) is 2.29. The molecule has 4 N–H and O–H groups in total. The molecule has 5 heteroatoms. The first-order valence-electron chi connectivity index (χ1n) is 4.87. The maximum Gasteiger partial charge on any atom is 0.316 e. The Labute approximate surface area is 99.0 Å². The van der Waals surface area contributed by atoms with Crippen LogP contribution in [-0.4, -0.2) is 11.9 Å². The standard InChI is InChI=1S/C12H13N3O2/c1-9(7-8-14-12(13)17)15-11(16)10-5-3-2-4-6-10/h2-8H,1H2,(H,15,16)(H3,13,14,17)/b8-7-. The molecule has 1 aromatic rings. The highest BCUT2D eigenvalue weighted by atomic mass is 16.2. The molecule has 0 aliphatic rings. The number of benzene rings is 1. The van der Waals surface area contributed by atoms with E-state index in [0.717, 1.165) is 0 Å². The molecule has 0 unspecified atom stereocenters. The molecule has 1 rings (SSSR count). The summed E-state index contributed by atoms with van der Waals surface area (Å²) in [6.07, 6.45) is 2.74. The number of carbonyl (C=O) groups is 2. The molecule has 0 heterocycles. The van der Waals surface area contributed by atoms with Gasteiger partial charge in [-0.2, -0.15) is 0 Å². The van der Waals surface area contributed by atoms with Crippen molar-refractivity contribution in [1.82, 2.24) is 10.6 Å². The summed E-state index contributed by atoms with van der Waals surface area (Å²) < 4.78 is 0. The highest BCUT2D eigenvalue weighted by Crippen LogP contribution is 1.99. The number of urea groups is 1. The minimum Gasteiger partial charge on any atom is -0.351 e. The van der Waals surface area contributed by atoms with E-state index in [2.05, 4.69) is 17.2 Å². The third kappa shape index (κ3) is 4.65. The van der Waals surface area contributed by atoms with Crippen LogP contribution in [0.3, 0.4) is 0 Å². The van der Waals surface area contributed by atoms with Gasteiger partial charge in [-0.3, -0.25) is 4.79 Å². The van der Waals surface area contributed by atoms with Gasteiger partial charge in [0.1, 0.15) is 0 Å². The minimum atomic E-state index is -0.677. The molecule has 0 spiro atoms. The van der Waals surface area contributed by atoms with Crippen LogP contribution in [0.4, 0.5) is 4.79 Å². The molecule has 0 fully saturated rings. The van der Waals surface area contributed by atoms with Crippen LogP contribution in [-0.2, 0) is 0 Å². The predicted molar refractivity (Wildman–Crippen MR) is 64.9 cm³/mol. The molecule has 17 heavy (non-hydrogen) atoms. The molecule has 0 saturated heterocycles. The summed E-state index contributed by atoms with van der Waals surface area (Å²) in [5, 5.41) is 4.79. The van der Waals surface area contributed by atoms with E-state index in [1.807, 2.05) is 6.07 Å². The van der Waals surface area contributed by atoms with Crippen LogP contribution in [0.5, 0.6) is 0 Å². The van der Waals surface area contributed by atoms with Crippen molar-refractivity contribution in [2.45, 2.75) is 0 Å². The van der Waals surface area contributed by atoms with E-state index >= 15 is 0 Å². The molecule has 3 amide bonds. The van der Waals surface area contributed by atoms with E-state index in [-0.39, 0.29) is 5.91 Å². The first kappa shape index (κ1) is 12.5. The lowest BCUT2D eigenvalue weighted by Crippen LogP contribution is -2.25. The summed E-state index contributed by atoms with van der Waals surface area (Å²) in [7, 11) is 0. The van der Waals surface area contributed by atoms with Gasteiger partial charge >= 0.3 is 6.03 Å². The van der Waals surface area contributed by atoms with Crippen molar-refractivity contribution in [1.29, 1.82) is 0 Å². The second kappa shape index (κ2) is 6.12. The second-order valence-corrected chi connectivity index (χ2v) is 3.19. The lowest BCUT2D eigenvalue weighted by atomic mass is 10.2. The highest BCUT2D eigenvalue weighted by Gasteiger charge is 2.03. The van der Waals surface area contributed by atoms with Gasteiger partial charge in [-0.1, -0.05) is 24.8 Å². The fourth-order valence-electron chi connectivity index (χ4n) is 1.07.